The van der Waals surface area contributed by atoms with Crippen LogP contribution in [0, 0.1) is 0 Å². The maximum Gasteiger partial charge on any atom is 0.451 e. The molecule has 106 valence electrons. The standard InChI is InChI=1S/C10H15F3N6/c1-18-2-4-19(5-3-18)17-8-6-7(14)15-9(16-8)10(11,12)13/h6H,2-5H2,1H3,(H3,14,15,16,17). The lowest BCUT2D eigenvalue weighted by Crippen LogP contribution is -2.47. The second-order valence-corrected chi connectivity index (χ2v) is 4.40. The lowest BCUT2D eigenvalue weighted by molar-refractivity contribution is -0.144. The highest BCUT2D eigenvalue weighted by Gasteiger charge is 2.35. The Labute approximate surface area is 108 Å². The van der Waals surface area contributed by atoms with E-state index >= 15 is 0 Å². The fraction of sp³-hybridized carbons (Fsp3) is 0.600. The van der Waals surface area contributed by atoms with Crippen LogP contribution in [0.1, 0.15) is 5.82 Å². The fourth-order valence-electron chi connectivity index (χ4n) is 1.73. The summed E-state index contributed by atoms with van der Waals surface area (Å²) in [6, 6.07) is 1.29. The van der Waals surface area contributed by atoms with Gasteiger partial charge in [-0.05, 0) is 7.05 Å². The SMILES string of the molecule is CN1CCN(Nc2cc(N)nc(C(F)(F)F)n2)CC1. The summed E-state index contributed by atoms with van der Waals surface area (Å²) in [6.07, 6.45) is -4.60. The number of nitrogens with zero attached hydrogens (tertiary/aromatic N) is 4. The van der Waals surface area contributed by atoms with Gasteiger partial charge in [0.05, 0.1) is 0 Å². The number of halogens is 3. The Hall–Kier alpha value is -1.61. The zero-order chi connectivity index (χ0) is 14.0. The van der Waals surface area contributed by atoms with Crippen LogP contribution in [-0.2, 0) is 6.18 Å². The number of alkyl halides is 3. The summed E-state index contributed by atoms with van der Waals surface area (Å²) < 4.78 is 37.6. The first kappa shape index (κ1) is 13.8. The Morgan fingerprint density at radius 3 is 2.42 bits per heavy atom. The van der Waals surface area contributed by atoms with Gasteiger partial charge in [0.15, 0.2) is 0 Å². The van der Waals surface area contributed by atoms with E-state index in [9.17, 15) is 13.2 Å². The molecule has 0 saturated carbocycles. The highest BCUT2D eigenvalue weighted by atomic mass is 19.4. The fourth-order valence-corrected chi connectivity index (χ4v) is 1.73. The number of nitrogens with two attached hydrogens (primary N) is 1. The molecule has 2 heterocycles. The number of aromatic nitrogens is 2. The largest absolute Gasteiger partial charge is 0.451 e. The highest BCUT2D eigenvalue weighted by Crippen LogP contribution is 2.27. The van der Waals surface area contributed by atoms with Crippen molar-refractivity contribution in [2.45, 2.75) is 6.18 Å². The summed E-state index contributed by atoms with van der Waals surface area (Å²) in [5.74, 6) is -1.38. The number of anilines is 2. The van der Waals surface area contributed by atoms with E-state index in [2.05, 4.69) is 20.3 Å². The summed E-state index contributed by atoms with van der Waals surface area (Å²) in [4.78, 5) is 8.75. The summed E-state index contributed by atoms with van der Waals surface area (Å²) in [5, 5.41) is 1.81. The van der Waals surface area contributed by atoms with Crippen molar-refractivity contribution in [1.29, 1.82) is 0 Å². The molecule has 0 bridgehead atoms. The Morgan fingerprint density at radius 2 is 1.84 bits per heavy atom. The first-order valence-corrected chi connectivity index (χ1v) is 5.76. The smallest absolute Gasteiger partial charge is 0.384 e. The minimum absolute atomic E-state index is 0.0596. The second-order valence-electron chi connectivity index (χ2n) is 4.40. The monoisotopic (exact) mass is 276 g/mol. The third kappa shape index (κ3) is 3.67. The van der Waals surface area contributed by atoms with E-state index in [0.717, 1.165) is 13.1 Å². The molecule has 0 aliphatic carbocycles. The highest BCUT2D eigenvalue weighted by molar-refractivity contribution is 5.44. The molecule has 9 heteroatoms. The molecule has 2 rings (SSSR count). The molecule has 1 saturated heterocycles. The molecule has 1 aliphatic rings. The number of hydrogen-bond donors (Lipinski definition) is 2. The second kappa shape index (κ2) is 5.17. The van der Waals surface area contributed by atoms with E-state index < -0.39 is 12.0 Å². The Morgan fingerprint density at radius 1 is 1.21 bits per heavy atom. The number of likely N-dealkylation sites (N-methyl/N-ethyl adjacent to an activating group) is 1. The molecular weight excluding hydrogens is 261 g/mol. The van der Waals surface area contributed by atoms with E-state index in [4.69, 9.17) is 5.73 Å². The van der Waals surface area contributed by atoms with Crippen molar-refractivity contribution in [2.75, 3.05) is 44.4 Å². The normalized spacial score (nSPS) is 18.5. The van der Waals surface area contributed by atoms with Gasteiger partial charge in [0, 0.05) is 32.2 Å². The predicted octanol–water partition coefficient (Wildman–Crippen LogP) is 0.652. The number of nitrogens with one attached hydrogen (secondary N) is 1. The first-order chi connectivity index (χ1) is 8.84. The molecule has 1 aliphatic heterocycles. The van der Waals surface area contributed by atoms with Crippen molar-refractivity contribution >= 4 is 11.6 Å². The number of piperazine rings is 1. The van der Waals surface area contributed by atoms with Gasteiger partial charge in [0.1, 0.15) is 11.6 Å². The Kier molecular flexibility index (Phi) is 3.76. The molecule has 1 aromatic heterocycles. The van der Waals surface area contributed by atoms with Crippen LogP contribution in [0.4, 0.5) is 24.8 Å². The maximum atomic E-state index is 12.5. The van der Waals surface area contributed by atoms with E-state index in [1.54, 1.807) is 0 Å². The van der Waals surface area contributed by atoms with Gasteiger partial charge in [-0.25, -0.2) is 15.0 Å². The van der Waals surface area contributed by atoms with Crippen LogP contribution in [0.5, 0.6) is 0 Å². The van der Waals surface area contributed by atoms with Crippen LogP contribution in [-0.4, -0.2) is 53.1 Å². The average molecular weight is 276 g/mol. The minimum atomic E-state index is -4.60. The van der Waals surface area contributed by atoms with E-state index in [-0.39, 0.29) is 11.6 Å². The van der Waals surface area contributed by atoms with Gasteiger partial charge in [0.2, 0.25) is 5.82 Å². The van der Waals surface area contributed by atoms with Crippen LogP contribution in [0.15, 0.2) is 6.07 Å². The molecule has 0 radical (unpaired) electrons. The lowest BCUT2D eigenvalue weighted by Gasteiger charge is -2.32. The summed E-state index contributed by atoms with van der Waals surface area (Å²) in [7, 11) is 1.99. The van der Waals surface area contributed by atoms with Gasteiger partial charge in [0.25, 0.3) is 0 Å². The number of hydrazine groups is 1. The summed E-state index contributed by atoms with van der Waals surface area (Å²) >= 11 is 0. The van der Waals surface area contributed by atoms with Gasteiger partial charge in [-0.1, -0.05) is 0 Å². The number of hydrogen-bond acceptors (Lipinski definition) is 6. The van der Waals surface area contributed by atoms with Gasteiger partial charge < -0.3 is 16.1 Å². The topological polar surface area (TPSA) is 70.3 Å². The molecule has 19 heavy (non-hydrogen) atoms. The van der Waals surface area contributed by atoms with E-state index in [0.29, 0.717) is 13.1 Å². The van der Waals surface area contributed by atoms with Crippen molar-refractivity contribution in [3.63, 3.8) is 0 Å². The van der Waals surface area contributed by atoms with Crippen LogP contribution in [0.2, 0.25) is 0 Å². The molecule has 0 atom stereocenters. The first-order valence-electron chi connectivity index (χ1n) is 5.76. The van der Waals surface area contributed by atoms with Crippen molar-refractivity contribution in [1.82, 2.24) is 19.9 Å². The zero-order valence-corrected chi connectivity index (χ0v) is 10.4. The molecule has 0 spiro atoms. The third-order valence-electron chi connectivity index (χ3n) is 2.78. The van der Waals surface area contributed by atoms with Gasteiger partial charge >= 0.3 is 6.18 Å². The molecule has 0 amide bonds. The summed E-state index contributed by atoms with van der Waals surface area (Å²) in [5.41, 5.74) is 8.20. The van der Waals surface area contributed by atoms with E-state index in [1.165, 1.54) is 6.07 Å². The molecule has 3 N–H and O–H groups in total. The van der Waals surface area contributed by atoms with Crippen molar-refractivity contribution in [3.8, 4) is 0 Å². The van der Waals surface area contributed by atoms with Crippen LogP contribution in [0.25, 0.3) is 0 Å². The minimum Gasteiger partial charge on any atom is -0.384 e. The van der Waals surface area contributed by atoms with Crippen molar-refractivity contribution in [2.24, 2.45) is 0 Å². The molecule has 1 fully saturated rings. The van der Waals surface area contributed by atoms with Crippen molar-refractivity contribution < 1.29 is 13.2 Å². The molecule has 6 nitrogen and oxygen atoms in total. The predicted molar refractivity (Wildman–Crippen MR) is 64.1 cm³/mol. The summed E-state index contributed by atoms with van der Waals surface area (Å²) in [6.45, 7) is 3.06. The van der Waals surface area contributed by atoms with Gasteiger partial charge in [-0.2, -0.15) is 13.2 Å². The number of nitrogen functional groups attached to an aromatic ring is 1. The van der Waals surface area contributed by atoms with Gasteiger partial charge in [-0.3, -0.25) is 0 Å². The quantitative estimate of drug-likeness (QED) is 0.826. The third-order valence-corrected chi connectivity index (χ3v) is 2.78. The number of rotatable bonds is 2. The maximum absolute atomic E-state index is 12.5. The molecule has 1 aromatic rings. The molecule has 0 unspecified atom stereocenters. The van der Waals surface area contributed by atoms with Crippen molar-refractivity contribution in [3.05, 3.63) is 11.9 Å². The molecular formula is C10H15F3N6. The van der Waals surface area contributed by atoms with Crippen LogP contribution >= 0.6 is 0 Å². The van der Waals surface area contributed by atoms with E-state index in [1.807, 2.05) is 12.1 Å². The molecule has 0 aromatic carbocycles. The lowest BCUT2D eigenvalue weighted by atomic mass is 10.4. The van der Waals surface area contributed by atoms with Crippen LogP contribution < -0.4 is 11.2 Å². The zero-order valence-electron chi connectivity index (χ0n) is 10.4. The Balaban J connectivity index is 2.10. The average Bonchev–Trinajstić information content (AvgIpc) is 2.30. The Bertz CT molecular complexity index is 441. The van der Waals surface area contributed by atoms with Crippen LogP contribution in [0.3, 0.4) is 0 Å². The van der Waals surface area contributed by atoms with Gasteiger partial charge in [-0.15, -0.1) is 0 Å².